The zero-order chi connectivity index (χ0) is 39.8. The predicted molar refractivity (Wildman–Crippen MR) is 253 cm³/mol. The number of furan rings is 1. The number of fused-ring (bicyclic) bond motifs is 4. The monoisotopic (exact) mass is 765 g/mol. The lowest BCUT2D eigenvalue weighted by molar-refractivity contribution is 0.671. The Morgan fingerprint density at radius 1 is 0.250 bits per heavy atom. The molecule has 0 saturated carbocycles. The summed E-state index contributed by atoms with van der Waals surface area (Å²) in [5, 5.41) is 4.74. The molecular formula is C58H39NO. The van der Waals surface area contributed by atoms with Gasteiger partial charge in [-0.2, -0.15) is 0 Å². The zero-order valence-electron chi connectivity index (χ0n) is 32.9. The Kier molecular flexibility index (Phi) is 8.87. The van der Waals surface area contributed by atoms with Crippen molar-refractivity contribution in [1.82, 2.24) is 0 Å². The van der Waals surface area contributed by atoms with Crippen LogP contribution < -0.4 is 4.90 Å². The van der Waals surface area contributed by atoms with E-state index in [-0.39, 0.29) is 0 Å². The molecule has 10 aromatic carbocycles. The molecule has 1 aromatic heterocycles. The van der Waals surface area contributed by atoms with Crippen LogP contribution in [0.25, 0.3) is 88.3 Å². The summed E-state index contributed by atoms with van der Waals surface area (Å²) in [6.07, 6.45) is 0. The summed E-state index contributed by atoms with van der Waals surface area (Å²) >= 11 is 0. The van der Waals surface area contributed by atoms with E-state index >= 15 is 0 Å². The first-order valence-electron chi connectivity index (χ1n) is 20.5. The summed E-state index contributed by atoms with van der Waals surface area (Å²) < 4.78 is 6.78. The highest BCUT2D eigenvalue weighted by Crippen LogP contribution is 2.42. The average Bonchev–Trinajstić information content (AvgIpc) is 3.72. The summed E-state index contributed by atoms with van der Waals surface area (Å²) in [6.45, 7) is 0. The van der Waals surface area contributed by atoms with Crippen LogP contribution in [-0.4, -0.2) is 0 Å². The first-order valence-corrected chi connectivity index (χ1v) is 20.5. The SMILES string of the molecule is c1ccc(-c2cccc(N(c3ccc(-c4cccc(-c5cccc6c5oc5c(-c7ccccc7)cccc56)c4)cc3)c3ccc(-c4ccc5ccccc5c4)cc3)c2)cc1. The van der Waals surface area contributed by atoms with Crippen LogP contribution in [0.3, 0.4) is 0 Å². The first kappa shape index (κ1) is 35.2. The Morgan fingerprint density at radius 3 is 1.35 bits per heavy atom. The van der Waals surface area contributed by atoms with Crippen LogP contribution in [0, 0.1) is 0 Å². The molecule has 0 bridgehead atoms. The van der Waals surface area contributed by atoms with E-state index in [1.807, 2.05) is 6.07 Å². The van der Waals surface area contributed by atoms with E-state index in [0.717, 1.165) is 72.4 Å². The van der Waals surface area contributed by atoms with Crippen molar-refractivity contribution in [2.75, 3.05) is 4.90 Å². The summed E-state index contributed by atoms with van der Waals surface area (Å²) in [7, 11) is 0. The second kappa shape index (κ2) is 15.1. The van der Waals surface area contributed by atoms with Crippen molar-refractivity contribution in [2.24, 2.45) is 0 Å². The molecule has 11 aromatic rings. The van der Waals surface area contributed by atoms with E-state index in [1.165, 1.54) is 33.0 Å². The molecule has 0 amide bonds. The van der Waals surface area contributed by atoms with Gasteiger partial charge in [-0.1, -0.05) is 188 Å². The third-order valence-electron chi connectivity index (χ3n) is 11.7. The maximum Gasteiger partial charge on any atom is 0.143 e. The summed E-state index contributed by atoms with van der Waals surface area (Å²) in [4.78, 5) is 2.35. The largest absolute Gasteiger partial charge is 0.455 e. The van der Waals surface area contributed by atoms with Gasteiger partial charge in [0.05, 0.1) is 0 Å². The van der Waals surface area contributed by atoms with E-state index in [1.54, 1.807) is 0 Å². The Balaban J connectivity index is 0.957. The van der Waals surface area contributed by atoms with Crippen LogP contribution >= 0.6 is 0 Å². The smallest absolute Gasteiger partial charge is 0.143 e. The highest BCUT2D eigenvalue weighted by atomic mass is 16.3. The number of para-hydroxylation sites is 2. The molecule has 2 nitrogen and oxygen atoms in total. The molecule has 2 heteroatoms. The molecule has 0 aliphatic heterocycles. The van der Waals surface area contributed by atoms with Crippen molar-refractivity contribution in [2.45, 2.75) is 0 Å². The third-order valence-corrected chi connectivity index (χ3v) is 11.7. The Labute approximate surface area is 349 Å². The van der Waals surface area contributed by atoms with Crippen LogP contribution in [0.4, 0.5) is 17.1 Å². The lowest BCUT2D eigenvalue weighted by Crippen LogP contribution is -2.10. The van der Waals surface area contributed by atoms with Crippen molar-refractivity contribution in [3.63, 3.8) is 0 Å². The number of benzene rings is 10. The fraction of sp³-hybridized carbons (Fsp3) is 0. The van der Waals surface area contributed by atoms with Gasteiger partial charge in [-0.15, -0.1) is 0 Å². The molecule has 0 fully saturated rings. The molecule has 0 aliphatic rings. The highest BCUT2D eigenvalue weighted by molar-refractivity contribution is 6.13. The zero-order valence-corrected chi connectivity index (χ0v) is 32.9. The predicted octanol–water partition coefficient (Wildman–Crippen LogP) is 16.5. The Bertz CT molecular complexity index is 3290. The number of hydrogen-bond donors (Lipinski definition) is 0. The van der Waals surface area contributed by atoms with E-state index < -0.39 is 0 Å². The molecule has 0 unspecified atom stereocenters. The number of nitrogens with zero attached hydrogens (tertiary/aromatic N) is 1. The van der Waals surface area contributed by atoms with Gasteiger partial charge in [0.2, 0.25) is 0 Å². The van der Waals surface area contributed by atoms with Crippen molar-refractivity contribution in [1.29, 1.82) is 0 Å². The minimum Gasteiger partial charge on any atom is -0.455 e. The van der Waals surface area contributed by atoms with E-state index in [2.05, 4.69) is 235 Å². The van der Waals surface area contributed by atoms with Crippen LogP contribution in [0.2, 0.25) is 0 Å². The molecule has 0 N–H and O–H groups in total. The minimum absolute atomic E-state index is 0.906. The molecule has 0 spiro atoms. The van der Waals surface area contributed by atoms with Gasteiger partial charge >= 0.3 is 0 Å². The van der Waals surface area contributed by atoms with Crippen LogP contribution in [0.5, 0.6) is 0 Å². The molecule has 0 radical (unpaired) electrons. The first-order chi connectivity index (χ1) is 29.7. The molecule has 0 saturated heterocycles. The maximum absolute atomic E-state index is 6.78. The Hall–Kier alpha value is -7.94. The van der Waals surface area contributed by atoms with Crippen LogP contribution in [-0.2, 0) is 0 Å². The number of rotatable bonds is 8. The van der Waals surface area contributed by atoms with Gasteiger partial charge in [0.25, 0.3) is 0 Å². The van der Waals surface area contributed by atoms with Gasteiger partial charge in [0.15, 0.2) is 0 Å². The second-order valence-electron chi connectivity index (χ2n) is 15.3. The quantitative estimate of drug-likeness (QED) is 0.153. The standard InChI is InChI=1S/C58H39NO/c1-3-13-40(14-4-1)47-20-10-22-52(39-47)59(51-35-31-43(32-36-51)48-28-27-41-15-7-8-18-45(41)37-48)50-33-29-42(30-34-50)46-19-9-21-49(38-46)54-24-12-26-56-55-25-11-23-53(57(55)60-58(54)56)44-16-5-2-6-17-44/h1-39H. The molecule has 60 heavy (non-hydrogen) atoms. The molecular weight excluding hydrogens is 727 g/mol. The highest BCUT2D eigenvalue weighted by Gasteiger charge is 2.17. The molecule has 11 rings (SSSR count). The average molecular weight is 766 g/mol. The molecule has 0 atom stereocenters. The lowest BCUT2D eigenvalue weighted by Gasteiger charge is -2.26. The molecule has 282 valence electrons. The normalized spacial score (nSPS) is 11.3. The van der Waals surface area contributed by atoms with Gasteiger partial charge in [-0.05, 0) is 104 Å². The number of hydrogen-bond acceptors (Lipinski definition) is 2. The number of anilines is 3. The van der Waals surface area contributed by atoms with Crippen molar-refractivity contribution in [3.05, 3.63) is 237 Å². The fourth-order valence-corrected chi connectivity index (χ4v) is 8.64. The second-order valence-corrected chi connectivity index (χ2v) is 15.3. The molecule has 0 aliphatic carbocycles. The van der Waals surface area contributed by atoms with E-state index in [4.69, 9.17) is 4.42 Å². The van der Waals surface area contributed by atoms with Crippen LogP contribution in [0.15, 0.2) is 241 Å². The van der Waals surface area contributed by atoms with Gasteiger partial charge in [-0.3, -0.25) is 0 Å². The minimum atomic E-state index is 0.906. The van der Waals surface area contributed by atoms with Gasteiger partial charge in [0.1, 0.15) is 11.2 Å². The van der Waals surface area contributed by atoms with Crippen LogP contribution in [0.1, 0.15) is 0 Å². The van der Waals surface area contributed by atoms with Crippen molar-refractivity contribution >= 4 is 49.8 Å². The summed E-state index contributed by atoms with van der Waals surface area (Å²) in [6, 6.07) is 84.7. The maximum atomic E-state index is 6.78. The van der Waals surface area contributed by atoms with E-state index in [9.17, 15) is 0 Å². The lowest BCUT2D eigenvalue weighted by atomic mass is 9.97. The molecule has 1 heterocycles. The fourth-order valence-electron chi connectivity index (χ4n) is 8.64. The van der Waals surface area contributed by atoms with Crippen molar-refractivity contribution < 1.29 is 4.42 Å². The van der Waals surface area contributed by atoms with E-state index in [0.29, 0.717) is 0 Å². The van der Waals surface area contributed by atoms with Gasteiger partial charge in [-0.25, -0.2) is 0 Å². The van der Waals surface area contributed by atoms with Gasteiger partial charge in [0, 0.05) is 39.0 Å². The topological polar surface area (TPSA) is 16.4 Å². The van der Waals surface area contributed by atoms with Gasteiger partial charge < -0.3 is 9.32 Å². The third kappa shape index (κ3) is 6.51. The Morgan fingerprint density at radius 2 is 0.700 bits per heavy atom. The van der Waals surface area contributed by atoms with Crippen molar-refractivity contribution in [3.8, 4) is 55.6 Å². The summed E-state index contributed by atoms with van der Waals surface area (Å²) in [5.74, 6) is 0. The summed E-state index contributed by atoms with van der Waals surface area (Å²) in [5.41, 5.74) is 16.6.